The van der Waals surface area contributed by atoms with Gasteiger partial charge >= 0.3 is 0 Å². The molecule has 2 heteroatoms. The summed E-state index contributed by atoms with van der Waals surface area (Å²) in [5.74, 6) is 0. The van der Waals surface area contributed by atoms with Crippen molar-refractivity contribution in [2.45, 2.75) is 6.92 Å². The number of hydrogen-bond acceptors (Lipinski definition) is 2. The van der Waals surface area contributed by atoms with E-state index in [0.717, 1.165) is 11.3 Å². The lowest BCUT2D eigenvalue weighted by Crippen LogP contribution is -2.12. The lowest BCUT2D eigenvalue weighted by atomic mass is 10.2. The van der Waals surface area contributed by atoms with Crippen LogP contribution in [0.2, 0.25) is 0 Å². The summed E-state index contributed by atoms with van der Waals surface area (Å²) in [7, 11) is 5.87. The van der Waals surface area contributed by atoms with Crippen LogP contribution < -0.4 is 5.32 Å². The average molecular weight is 140 g/mol. The second-order valence-corrected chi connectivity index (χ2v) is 2.54. The summed E-state index contributed by atoms with van der Waals surface area (Å²) < 4.78 is 0. The Bertz CT molecular complexity index is 145. The van der Waals surface area contributed by atoms with Crippen molar-refractivity contribution < 1.29 is 0 Å². The lowest BCUT2D eigenvalue weighted by Gasteiger charge is -2.10. The highest BCUT2D eigenvalue weighted by Crippen LogP contribution is 2.01. The number of likely N-dealkylation sites (N-methyl/N-ethyl adjacent to an activating group) is 1. The van der Waals surface area contributed by atoms with Crippen molar-refractivity contribution in [1.82, 2.24) is 10.2 Å². The minimum atomic E-state index is 1.05. The van der Waals surface area contributed by atoms with E-state index >= 15 is 0 Å². The van der Waals surface area contributed by atoms with Crippen LogP contribution in [0.5, 0.6) is 0 Å². The van der Waals surface area contributed by atoms with Crippen LogP contribution in [0.4, 0.5) is 0 Å². The Kier molecular flexibility index (Phi) is 3.62. The van der Waals surface area contributed by atoms with Crippen LogP contribution in [0.3, 0.4) is 0 Å². The summed E-state index contributed by atoms with van der Waals surface area (Å²) >= 11 is 0. The molecule has 2 nitrogen and oxygen atoms in total. The molecule has 0 spiro atoms. The Morgan fingerprint density at radius 3 is 2.10 bits per heavy atom. The van der Waals surface area contributed by atoms with Crippen LogP contribution in [0.1, 0.15) is 6.92 Å². The molecule has 0 fully saturated rings. The van der Waals surface area contributed by atoms with Crippen LogP contribution in [0.25, 0.3) is 0 Å². The standard InChI is InChI=1S/C8H16N2/c1-7(2)8(9-3)6-10(4)5/h6,9H,1H2,2-5H3/b8-6-. The van der Waals surface area contributed by atoms with Crippen LogP contribution in [0, 0.1) is 0 Å². The molecule has 58 valence electrons. The molecule has 0 aromatic rings. The molecule has 0 aliphatic rings. The van der Waals surface area contributed by atoms with Crippen molar-refractivity contribution in [1.29, 1.82) is 0 Å². The minimum absolute atomic E-state index is 1.05. The maximum atomic E-state index is 3.82. The first-order valence-electron chi connectivity index (χ1n) is 3.29. The molecule has 0 aromatic heterocycles. The number of hydrogen-bond donors (Lipinski definition) is 1. The summed E-state index contributed by atoms with van der Waals surface area (Å²) in [4.78, 5) is 1.99. The van der Waals surface area contributed by atoms with E-state index in [0.29, 0.717) is 0 Å². The molecule has 0 saturated carbocycles. The van der Waals surface area contributed by atoms with Gasteiger partial charge in [-0.25, -0.2) is 0 Å². The van der Waals surface area contributed by atoms with Crippen molar-refractivity contribution in [3.05, 3.63) is 24.0 Å². The van der Waals surface area contributed by atoms with E-state index in [1.54, 1.807) is 0 Å². The fourth-order valence-corrected chi connectivity index (χ4v) is 0.646. The Morgan fingerprint density at radius 1 is 1.50 bits per heavy atom. The van der Waals surface area contributed by atoms with Gasteiger partial charge in [0.15, 0.2) is 0 Å². The van der Waals surface area contributed by atoms with Crippen LogP contribution >= 0.6 is 0 Å². The SMILES string of the molecule is C=C(C)/C(=C/N(C)C)NC. The first-order valence-corrected chi connectivity index (χ1v) is 3.29. The molecule has 10 heavy (non-hydrogen) atoms. The zero-order valence-electron chi connectivity index (χ0n) is 7.23. The molecule has 0 aromatic carbocycles. The normalized spacial score (nSPS) is 11.0. The molecule has 0 heterocycles. The molecular formula is C8H16N2. The summed E-state index contributed by atoms with van der Waals surface area (Å²) in [5.41, 5.74) is 2.13. The van der Waals surface area contributed by atoms with Crippen molar-refractivity contribution in [3.8, 4) is 0 Å². The van der Waals surface area contributed by atoms with E-state index in [1.165, 1.54) is 0 Å². The van der Waals surface area contributed by atoms with E-state index < -0.39 is 0 Å². The molecule has 0 aliphatic carbocycles. The third-order valence-corrected chi connectivity index (χ3v) is 1.12. The monoisotopic (exact) mass is 140 g/mol. The smallest absolute Gasteiger partial charge is 0.0522 e. The van der Waals surface area contributed by atoms with Gasteiger partial charge in [0.2, 0.25) is 0 Å². The first-order chi connectivity index (χ1) is 4.57. The van der Waals surface area contributed by atoms with E-state index in [-0.39, 0.29) is 0 Å². The Morgan fingerprint density at radius 2 is 2.00 bits per heavy atom. The van der Waals surface area contributed by atoms with Gasteiger partial charge in [0.25, 0.3) is 0 Å². The van der Waals surface area contributed by atoms with Gasteiger partial charge in [-0.3, -0.25) is 0 Å². The quantitative estimate of drug-likeness (QED) is 0.592. The number of rotatable bonds is 3. The maximum absolute atomic E-state index is 3.82. The molecule has 0 saturated heterocycles. The van der Waals surface area contributed by atoms with E-state index in [4.69, 9.17) is 0 Å². The van der Waals surface area contributed by atoms with E-state index in [9.17, 15) is 0 Å². The van der Waals surface area contributed by atoms with Crippen molar-refractivity contribution in [2.75, 3.05) is 21.1 Å². The van der Waals surface area contributed by atoms with Crippen molar-refractivity contribution in [3.63, 3.8) is 0 Å². The maximum Gasteiger partial charge on any atom is 0.0522 e. The topological polar surface area (TPSA) is 15.3 Å². The highest BCUT2D eigenvalue weighted by atomic mass is 15.0. The van der Waals surface area contributed by atoms with Crippen LogP contribution in [-0.4, -0.2) is 26.0 Å². The fourth-order valence-electron chi connectivity index (χ4n) is 0.646. The predicted molar refractivity (Wildman–Crippen MR) is 45.6 cm³/mol. The predicted octanol–water partition coefficient (Wildman–Crippen LogP) is 1.18. The third kappa shape index (κ3) is 3.17. The summed E-state index contributed by atoms with van der Waals surface area (Å²) in [6.45, 7) is 5.80. The van der Waals surface area contributed by atoms with E-state index in [1.807, 2.05) is 39.2 Å². The van der Waals surface area contributed by atoms with Gasteiger partial charge in [-0.2, -0.15) is 0 Å². The number of nitrogens with one attached hydrogen (secondary N) is 1. The zero-order chi connectivity index (χ0) is 8.15. The average Bonchev–Trinajstić information content (AvgIpc) is 1.81. The van der Waals surface area contributed by atoms with Gasteiger partial charge in [-0.1, -0.05) is 6.58 Å². The molecule has 0 aliphatic heterocycles. The third-order valence-electron chi connectivity index (χ3n) is 1.12. The number of nitrogens with zero attached hydrogens (tertiary/aromatic N) is 1. The minimum Gasteiger partial charge on any atom is -0.387 e. The zero-order valence-corrected chi connectivity index (χ0v) is 7.23. The van der Waals surface area contributed by atoms with Crippen LogP contribution in [-0.2, 0) is 0 Å². The highest BCUT2D eigenvalue weighted by Gasteiger charge is 1.92. The van der Waals surface area contributed by atoms with Gasteiger partial charge in [0.05, 0.1) is 5.70 Å². The summed E-state index contributed by atoms with van der Waals surface area (Å²) in [6, 6.07) is 0. The van der Waals surface area contributed by atoms with Gasteiger partial charge in [-0.05, 0) is 12.5 Å². The Labute approximate surface area is 63.2 Å². The van der Waals surface area contributed by atoms with Gasteiger partial charge in [-0.15, -0.1) is 0 Å². The van der Waals surface area contributed by atoms with Gasteiger partial charge in [0, 0.05) is 27.3 Å². The molecule has 0 amide bonds. The lowest BCUT2D eigenvalue weighted by molar-refractivity contribution is 0.554. The van der Waals surface area contributed by atoms with Crippen molar-refractivity contribution >= 4 is 0 Å². The highest BCUT2D eigenvalue weighted by molar-refractivity contribution is 5.23. The second kappa shape index (κ2) is 3.99. The van der Waals surface area contributed by atoms with E-state index in [2.05, 4.69) is 11.9 Å². The molecule has 0 atom stereocenters. The molecule has 0 bridgehead atoms. The largest absolute Gasteiger partial charge is 0.387 e. The molecule has 0 radical (unpaired) electrons. The van der Waals surface area contributed by atoms with Crippen molar-refractivity contribution in [2.24, 2.45) is 0 Å². The first kappa shape index (κ1) is 9.08. The fraction of sp³-hybridized carbons (Fsp3) is 0.500. The molecule has 0 rings (SSSR count). The molecule has 0 unspecified atom stereocenters. The number of allylic oxidation sites excluding steroid dienone is 1. The second-order valence-electron chi connectivity index (χ2n) is 2.54. The summed E-state index contributed by atoms with van der Waals surface area (Å²) in [5, 5.41) is 3.05. The van der Waals surface area contributed by atoms with Gasteiger partial charge < -0.3 is 10.2 Å². The Hall–Kier alpha value is -0.920. The van der Waals surface area contributed by atoms with Gasteiger partial charge in [0.1, 0.15) is 0 Å². The molecule has 1 N–H and O–H groups in total. The Balaban J connectivity index is 4.19. The summed E-state index contributed by atoms with van der Waals surface area (Å²) in [6.07, 6.45) is 2.00. The van der Waals surface area contributed by atoms with Crippen LogP contribution in [0.15, 0.2) is 24.0 Å². The molecular weight excluding hydrogens is 124 g/mol.